The first-order valence-corrected chi connectivity index (χ1v) is 8.19. The monoisotopic (exact) mass is 336 g/mol. The van der Waals surface area contributed by atoms with Crippen molar-refractivity contribution in [2.24, 2.45) is 0 Å². The minimum atomic E-state index is -0.862. The number of carboxylic acid groups (broad SMARTS) is 1. The molecule has 0 bridgehead atoms. The second kappa shape index (κ2) is 9.12. The lowest BCUT2D eigenvalue weighted by Crippen LogP contribution is -2.43. The lowest BCUT2D eigenvalue weighted by atomic mass is 10.2. The predicted octanol–water partition coefficient (Wildman–Crippen LogP) is 1.13. The summed E-state index contributed by atoms with van der Waals surface area (Å²) in [5.41, 5.74) is 0. The first-order chi connectivity index (χ1) is 11.6. The number of hydrogen-bond donors (Lipinski definition) is 2. The Labute approximate surface area is 141 Å². The van der Waals surface area contributed by atoms with Gasteiger partial charge in [0, 0.05) is 0 Å². The van der Waals surface area contributed by atoms with Crippen LogP contribution in [0.25, 0.3) is 0 Å². The Bertz CT molecular complexity index is 546. The Morgan fingerprint density at radius 2 is 1.92 bits per heavy atom. The van der Waals surface area contributed by atoms with Crippen molar-refractivity contribution in [3.05, 3.63) is 24.3 Å². The van der Waals surface area contributed by atoms with Gasteiger partial charge in [-0.15, -0.1) is 0 Å². The van der Waals surface area contributed by atoms with Crippen molar-refractivity contribution >= 4 is 11.9 Å². The summed E-state index contributed by atoms with van der Waals surface area (Å²) in [5, 5.41) is 11.8. The Morgan fingerprint density at radius 3 is 2.54 bits per heavy atom. The van der Waals surface area contributed by atoms with E-state index in [-0.39, 0.29) is 12.5 Å². The maximum absolute atomic E-state index is 11.9. The molecule has 1 atom stereocenters. The number of carbonyl (C=O) groups excluding carboxylic acids is 1. The van der Waals surface area contributed by atoms with E-state index in [1.54, 1.807) is 4.90 Å². The molecule has 1 aliphatic rings. The Hall–Kier alpha value is -2.28. The molecule has 7 nitrogen and oxygen atoms in total. The maximum atomic E-state index is 11.9. The predicted molar refractivity (Wildman–Crippen MR) is 88.3 cm³/mol. The van der Waals surface area contributed by atoms with Gasteiger partial charge >= 0.3 is 5.97 Å². The summed E-state index contributed by atoms with van der Waals surface area (Å²) in [7, 11) is 0. The number of benzene rings is 1. The molecule has 0 spiro atoms. The molecule has 0 aliphatic carbocycles. The molecule has 0 aromatic heterocycles. The van der Waals surface area contributed by atoms with Crippen molar-refractivity contribution in [2.75, 3.05) is 32.8 Å². The first-order valence-electron chi connectivity index (χ1n) is 8.19. The minimum absolute atomic E-state index is 0.111. The van der Waals surface area contributed by atoms with Crippen LogP contribution in [0.5, 0.6) is 11.5 Å². The number of carbonyl (C=O) groups is 2. The Morgan fingerprint density at radius 1 is 1.25 bits per heavy atom. The molecule has 1 heterocycles. The normalized spacial score (nSPS) is 17.5. The average molecular weight is 336 g/mol. The summed E-state index contributed by atoms with van der Waals surface area (Å²) in [6, 6.07) is 6.74. The fourth-order valence-electron chi connectivity index (χ4n) is 2.69. The molecule has 1 saturated heterocycles. The maximum Gasteiger partial charge on any atom is 0.320 e. The SMILES string of the molecule is CCOc1ccc(OCCNC(=O)CN2CCCC2C(=O)O)cc1. The third-order valence-corrected chi connectivity index (χ3v) is 3.82. The Balaban J connectivity index is 1.64. The lowest BCUT2D eigenvalue weighted by molar-refractivity contribution is -0.142. The lowest BCUT2D eigenvalue weighted by Gasteiger charge is -2.20. The van der Waals surface area contributed by atoms with E-state index in [1.165, 1.54) is 0 Å². The molecule has 0 radical (unpaired) electrons. The van der Waals surface area contributed by atoms with Crippen LogP contribution in [-0.4, -0.2) is 60.8 Å². The molecule has 2 rings (SSSR count). The Kier molecular flexibility index (Phi) is 6.87. The second-order valence-electron chi connectivity index (χ2n) is 5.57. The molecule has 132 valence electrons. The van der Waals surface area contributed by atoms with E-state index in [4.69, 9.17) is 14.6 Å². The molecular weight excluding hydrogens is 312 g/mol. The van der Waals surface area contributed by atoms with Crippen molar-refractivity contribution in [1.82, 2.24) is 10.2 Å². The van der Waals surface area contributed by atoms with Gasteiger partial charge in [-0.05, 0) is 50.6 Å². The molecule has 1 aliphatic heterocycles. The second-order valence-corrected chi connectivity index (χ2v) is 5.57. The molecule has 1 unspecified atom stereocenters. The third-order valence-electron chi connectivity index (χ3n) is 3.82. The highest BCUT2D eigenvalue weighted by atomic mass is 16.5. The first kappa shape index (κ1) is 18.1. The van der Waals surface area contributed by atoms with Gasteiger partial charge in [-0.1, -0.05) is 0 Å². The highest BCUT2D eigenvalue weighted by Crippen LogP contribution is 2.17. The van der Waals surface area contributed by atoms with Crippen LogP contribution in [-0.2, 0) is 9.59 Å². The van der Waals surface area contributed by atoms with Crippen LogP contribution in [0.3, 0.4) is 0 Å². The van der Waals surface area contributed by atoms with E-state index in [2.05, 4.69) is 5.32 Å². The van der Waals surface area contributed by atoms with Crippen molar-refractivity contribution < 1.29 is 24.2 Å². The zero-order chi connectivity index (χ0) is 17.4. The molecule has 1 aromatic carbocycles. The van der Waals surface area contributed by atoms with E-state index >= 15 is 0 Å². The quantitative estimate of drug-likeness (QED) is 0.657. The van der Waals surface area contributed by atoms with Gasteiger partial charge in [0.05, 0.1) is 19.7 Å². The largest absolute Gasteiger partial charge is 0.494 e. The highest BCUT2D eigenvalue weighted by molar-refractivity contribution is 5.80. The van der Waals surface area contributed by atoms with E-state index in [0.29, 0.717) is 38.5 Å². The highest BCUT2D eigenvalue weighted by Gasteiger charge is 2.31. The van der Waals surface area contributed by atoms with Crippen LogP contribution in [0.2, 0.25) is 0 Å². The van der Waals surface area contributed by atoms with Crippen molar-refractivity contribution in [2.45, 2.75) is 25.8 Å². The number of aliphatic carboxylic acids is 1. The van der Waals surface area contributed by atoms with Gasteiger partial charge in [0.1, 0.15) is 24.1 Å². The molecule has 2 N–H and O–H groups in total. The van der Waals surface area contributed by atoms with Crippen LogP contribution in [0, 0.1) is 0 Å². The number of hydrogen-bond acceptors (Lipinski definition) is 5. The van der Waals surface area contributed by atoms with Crippen molar-refractivity contribution in [3.8, 4) is 11.5 Å². The number of ether oxygens (including phenoxy) is 2. The number of nitrogens with one attached hydrogen (secondary N) is 1. The average Bonchev–Trinajstić information content (AvgIpc) is 3.02. The van der Waals surface area contributed by atoms with Gasteiger partial charge in [0.15, 0.2) is 0 Å². The molecule has 0 saturated carbocycles. The number of likely N-dealkylation sites (tertiary alicyclic amines) is 1. The smallest absolute Gasteiger partial charge is 0.320 e. The molecule has 1 amide bonds. The van der Waals surface area contributed by atoms with Crippen LogP contribution in [0.4, 0.5) is 0 Å². The van der Waals surface area contributed by atoms with Crippen LogP contribution in [0.15, 0.2) is 24.3 Å². The summed E-state index contributed by atoms with van der Waals surface area (Å²) >= 11 is 0. The summed E-state index contributed by atoms with van der Waals surface area (Å²) in [6.45, 7) is 4.02. The molecule has 7 heteroatoms. The topological polar surface area (TPSA) is 88.1 Å². The number of amides is 1. The van der Waals surface area contributed by atoms with Crippen LogP contribution < -0.4 is 14.8 Å². The standard InChI is InChI=1S/C17H24N2O5/c1-2-23-13-5-7-14(8-6-13)24-11-9-18-16(20)12-19-10-3-4-15(19)17(21)22/h5-8,15H,2-4,9-12H2,1H3,(H,18,20)(H,21,22). The van der Waals surface area contributed by atoms with E-state index in [9.17, 15) is 9.59 Å². The summed E-state index contributed by atoms with van der Waals surface area (Å²) in [5.74, 6) is 0.451. The van der Waals surface area contributed by atoms with Crippen LogP contribution >= 0.6 is 0 Å². The van der Waals surface area contributed by atoms with E-state index in [0.717, 1.165) is 12.2 Å². The molecule has 24 heavy (non-hydrogen) atoms. The molecular formula is C17H24N2O5. The third kappa shape index (κ3) is 5.42. The minimum Gasteiger partial charge on any atom is -0.494 e. The fourth-order valence-corrected chi connectivity index (χ4v) is 2.69. The van der Waals surface area contributed by atoms with Gasteiger partial charge in [0.2, 0.25) is 5.91 Å². The van der Waals surface area contributed by atoms with Gasteiger partial charge < -0.3 is 19.9 Å². The summed E-state index contributed by atoms with van der Waals surface area (Å²) in [6.07, 6.45) is 1.41. The van der Waals surface area contributed by atoms with E-state index < -0.39 is 12.0 Å². The fraction of sp³-hybridized carbons (Fsp3) is 0.529. The zero-order valence-corrected chi connectivity index (χ0v) is 13.9. The van der Waals surface area contributed by atoms with Crippen molar-refractivity contribution in [1.29, 1.82) is 0 Å². The number of rotatable bonds is 9. The zero-order valence-electron chi connectivity index (χ0n) is 13.9. The summed E-state index contributed by atoms with van der Waals surface area (Å²) < 4.78 is 10.9. The van der Waals surface area contributed by atoms with Gasteiger partial charge in [-0.25, -0.2) is 0 Å². The van der Waals surface area contributed by atoms with Crippen LogP contribution in [0.1, 0.15) is 19.8 Å². The van der Waals surface area contributed by atoms with Crippen molar-refractivity contribution in [3.63, 3.8) is 0 Å². The van der Waals surface area contributed by atoms with E-state index in [1.807, 2.05) is 31.2 Å². The molecule has 1 fully saturated rings. The summed E-state index contributed by atoms with van der Waals surface area (Å²) in [4.78, 5) is 24.7. The number of carboxylic acids is 1. The van der Waals surface area contributed by atoms with Gasteiger partial charge in [-0.2, -0.15) is 0 Å². The van der Waals surface area contributed by atoms with Gasteiger partial charge in [0.25, 0.3) is 0 Å². The molecule has 1 aromatic rings. The van der Waals surface area contributed by atoms with Gasteiger partial charge in [-0.3, -0.25) is 14.5 Å². The number of nitrogens with zero attached hydrogens (tertiary/aromatic N) is 1.